The molecule has 6 heteroatoms. The first-order valence-electron chi connectivity index (χ1n) is 5.71. The Bertz CT molecular complexity index is 497. The first-order valence-corrected chi connectivity index (χ1v) is 7.39. The van der Waals surface area contributed by atoms with E-state index in [4.69, 9.17) is 4.74 Å². The monoisotopic (exact) mass is 329 g/mol. The van der Waals surface area contributed by atoms with Crippen LogP contribution in [0.15, 0.2) is 28.3 Å². The minimum atomic E-state index is 0.263. The molecule has 2 aromatic rings. The number of ether oxygens (including phenoxy) is 1. The first kappa shape index (κ1) is 13.6. The van der Waals surface area contributed by atoms with Gasteiger partial charge in [0.2, 0.25) is 0 Å². The van der Waals surface area contributed by atoms with Gasteiger partial charge >= 0.3 is 0 Å². The van der Waals surface area contributed by atoms with Crippen LogP contribution in [0.5, 0.6) is 0 Å². The van der Waals surface area contributed by atoms with Gasteiger partial charge in [-0.1, -0.05) is 0 Å². The van der Waals surface area contributed by atoms with Crippen LogP contribution in [0.4, 0.5) is 5.69 Å². The number of rotatable bonds is 6. The van der Waals surface area contributed by atoms with Crippen molar-refractivity contribution in [1.82, 2.24) is 9.78 Å². The summed E-state index contributed by atoms with van der Waals surface area (Å²) in [6.45, 7) is 3.59. The lowest BCUT2D eigenvalue weighted by molar-refractivity contribution is 0.183. The normalized spacial score (nSPS) is 12.6. The van der Waals surface area contributed by atoms with Gasteiger partial charge in [-0.05, 0) is 34.3 Å². The number of hydrogen-bond acceptors (Lipinski definition) is 4. The van der Waals surface area contributed by atoms with E-state index in [1.807, 2.05) is 17.1 Å². The molecule has 0 aromatic carbocycles. The zero-order valence-electron chi connectivity index (χ0n) is 10.4. The van der Waals surface area contributed by atoms with Gasteiger partial charge in [-0.15, -0.1) is 11.3 Å². The molecule has 2 heterocycles. The topological polar surface area (TPSA) is 39.1 Å². The predicted molar refractivity (Wildman–Crippen MR) is 78.2 cm³/mol. The molecule has 98 valence electrons. The maximum atomic E-state index is 5.02. The molecule has 0 amide bonds. The third-order valence-corrected chi connectivity index (χ3v) is 4.63. The van der Waals surface area contributed by atoms with E-state index in [1.165, 1.54) is 4.88 Å². The van der Waals surface area contributed by atoms with E-state index < -0.39 is 0 Å². The van der Waals surface area contributed by atoms with Crippen molar-refractivity contribution in [3.63, 3.8) is 0 Å². The third-order valence-electron chi connectivity index (χ3n) is 2.58. The predicted octanol–water partition coefficient (Wildman–Crippen LogP) is 3.53. The summed E-state index contributed by atoms with van der Waals surface area (Å²) in [6, 6.07) is 2.33. The second-order valence-corrected chi connectivity index (χ2v) is 5.79. The van der Waals surface area contributed by atoms with E-state index in [1.54, 1.807) is 18.4 Å². The minimum absolute atomic E-state index is 0.263. The van der Waals surface area contributed by atoms with Gasteiger partial charge in [-0.2, -0.15) is 5.10 Å². The van der Waals surface area contributed by atoms with Crippen molar-refractivity contribution >= 4 is 33.0 Å². The highest BCUT2D eigenvalue weighted by Crippen LogP contribution is 2.30. The van der Waals surface area contributed by atoms with Crippen molar-refractivity contribution in [2.75, 3.05) is 19.0 Å². The molecule has 0 aliphatic heterocycles. The number of halogens is 1. The summed E-state index contributed by atoms with van der Waals surface area (Å²) in [6.07, 6.45) is 3.84. The summed E-state index contributed by atoms with van der Waals surface area (Å²) >= 11 is 5.29. The first-order chi connectivity index (χ1) is 8.70. The van der Waals surface area contributed by atoms with E-state index in [-0.39, 0.29) is 6.04 Å². The van der Waals surface area contributed by atoms with Crippen molar-refractivity contribution in [1.29, 1.82) is 0 Å². The van der Waals surface area contributed by atoms with Gasteiger partial charge in [0, 0.05) is 22.7 Å². The Morgan fingerprint density at radius 3 is 3.11 bits per heavy atom. The number of nitrogens with one attached hydrogen (secondary N) is 1. The van der Waals surface area contributed by atoms with Gasteiger partial charge in [0.05, 0.1) is 31.1 Å². The van der Waals surface area contributed by atoms with Crippen molar-refractivity contribution in [3.05, 3.63) is 33.2 Å². The molecule has 0 fully saturated rings. The molecular weight excluding hydrogens is 314 g/mol. The zero-order chi connectivity index (χ0) is 13.0. The van der Waals surface area contributed by atoms with E-state index in [0.29, 0.717) is 6.61 Å². The SMILES string of the molecule is COCCn1cc(NC(C)c2sccc2Br)cn1. The Morgan fingerprint density at radius 1 is 1.61 bits per heavy atom. The number of methoxy groups -OCH3 is 1. The Morgan fingerprint density at radius 2 is 2.44 bits per heavy atom. The molecule has 1 N–H and O–H groups in total. The summed E-state index contributed by atoms with van der Waals surface area (Å²) in [4.78, 5) is 1.29. The average molecular weight is 330 g/mol. The van der Waals surface area contributed by atoms with Gasteiger partial charge in [0.1, 0.15) is 0 Å². The quantitative estimate of drug-likeness (QED) is 0.881. The Labute approximate surface area is 119 Å². The molecular formula is C12H16BrN3OS. The van der Waals surface area contributed by atoms with Crippen molar-refractivity contribution < 1.29 is 4.74 Å². The third kappa shape index (κ3) is 3.34. The molecule has 0 aliphatic rings. The maximum Gasteiger partial charge on any atom is 0.0731 e. The van der Waals surface area contributed by atoms with E-state index >= 15 is 0 Å². The van der Waals surface area contributed by atoms with E-state index in [9.17, 15) is 0 Å². The van der Waals surface area contributed by atoms with Crippen LogP contribution in [-0.4, -0.2) is 23.5 Å². The maximum absolute atomic E-state index is 5.02. The Hall–Kier alpha value is -0.850. The van der Waals surface area contributed by atoms with Crippen LogP contribution < -0.4 is 5.32 Å². The fourth-order valence-electron chi connectivity index (χ4n) is 1.68. The van der Waals surface area contributed by atoms with Crippen molar-refractivity contribution in [2.45, 2.75) is 19.5 Å². The average Bonchev–Trinajstić information content (AvgIpc) is 2.95. The minimum Gasteiger partial charge on any atom is -0.383 e. The van der Waals surface area contributed by atoms with Gasteiger partial charge in [-0.3, -0.25) is 4.68 Å². The highest BCUT2D eigenvalue weighted by Gasteiger charge is 2.11. The van der Waals surface area contributed by atoms with E-state index in [0.717, 1.165) is 16.7 Å². The largest absolute Gasteiger partial charge is 0.383 e. The molecule has 0 aliphatic carbocycles. The molecule has 2 aromatic heterocycles. The molecule has 0 saturated heterocycles. The van der Waals surface area contributed by atoms with Gasteiger partial charge in [-0.25, -0.2) is 0 Å². The van der Waals surface area contributed by atoms with Gasteiger partial charge < -0.3 is 10.1 Å². The lowest BCUT2D eigenvalue weighted by Crippen LogP contribution is -2.06. The zero-order valence-corrected chi connectivity index (χ0v) is 12.8. The number of thiophene rings is 1. The van der Waals surface area contributed by atoms with Crippen LogP contribution in [-0.2, 0) is 11.3 Å². The number of nitrogens with zero attached hydrogens (tertiary/aromatic N) is 2. The Balaban J connectivity index is 1.97. The molecule has 0 spiro atoms. The number of anilines is 1. The smallest absolute Gasteiger partial charge is 0.0731 e. The number of hydrogen-bond donors (Lipinski definition) is 1. The lowest BCUT2D eigenvalue weighted by Gasteiger charge is -2.12. The van der Waals surface area contributed by atoms with Crippen LogP contribution in [0.2, 0.25) is 0 Å². The van der Waals surface area contributed by atoms with Crippen LogP contribution in [0.25, 0.3) is 0 Å². The standard InChI is InChI=1S/C12H16BrN3OS/c1-9(12-11(13)3-6-18-12)15-10-7-14-16(8-10)4-5-17-2/h3,6-9,15H,4-5H2,1-2H3. The molecule has 1 atom stereocenters. The molecule has 4 nitrogen and oxygen atoms in total. The lowest BCUT2D eigenvalue weighted by atomic mass is 10.2. The van der Waals surface area contributed by atoms with E-state index in [2.05, 4.69) is 44.7 Å². The van der Waals surface area contributed by atoms with Gasteiger partial charge in [0.15, 0.2) is 0 Å². The van der Waals surface area contributed by atoms with Gasteiger partial charge in [0.25, 0.3) is 0 Å². The Kier molecular flexibility index (Phi) is 4.79. The fraction of sp³-hybridized carbons (Fsp3) is 0.417. The highest BCUT2D eigenvalue weighted by atomic mass is 79.9. The van der Waals surface area contributed by atoms with Crippen LogP contribution in [0.3, 0.4) is 0 Å². The van der Waals surface area contributed by atoms with Crippen molar-refractivity contribution in [2.24, 2.45) is 0 Å². The fourth-order valence-corrected chi connectivity index (χ4v) is 3.40. The molecule has 0 saturated carbocycles. The van der Waals surface area contributed by atoms with Crippen LogP contribution in [0.1, 0.15) is 17.8 Å². The second kappa shape index (κ2) is 6.36. The summed E-state index contributed by atoms with van der Waals surface area (Å²) in [5.41, 5.74) is 1.03. The van der Waals surface area contributed by atoms with Crippen LogP contribution in [0, 0.1) is 0 Å². The molecule has 0 radical (unpaired) electrons. The molecule has 0 bridgehead atoms. The van der Waals surface area contributed by atoms with Crippen LogP contribution >= 0.6 is 27.3 Å². The molecule has 18 heavy (non-hydrogen) atoms. The summed E-state index contributed by atoms with van der Waals surface area (Å²) in [5.74, 6) is 0. The van der Waals surface area contributed by atoms with Crippen molar-refractivity contribution in [3.8, 4) is 0 Å². The summed E-state index contributed by atoms with van der Waals surface area (Å²) < 4.78 is 8.05. The molecule has 1 unspecified atom stereocenters. The summed E-state index contributed by atoms with van der Waals surface area (Å²) in [7, 11) is 1.69. The molecule has 2 rings (SSSR count). The summed E-state index contributed by atoms with van der Waals surface area (Å²) in [5, 5.41) is 9.80. The number of aromatic nitrogens is 2. The second-order valence-electron chi connectivity index (χ2n) is 3.98. The highest BCUT2D eigenvalue weighted by molar-refractivity contribution is 9.10.